The smallest absolute Gasteiger partial charge is 0.472 e. The molecule has 0 saturated heterocycles. The van der Waals surface area contributed by atoms with Crippen molar-refractivity contribution < 1.29 is 47.5 Å². The molecular formula is C50H90NO10P. The first kappa shape index (κ1) is 59.4. The highest BCUT2D eigenvalue weighted by atomic mass is 31.2. The van der Waals surface area contributed by atoms with E-state index in [2.05, 4.69) is 67.0 Å². The summed E-state index contributed by atoms with van der Waals surface area (Å²) in [5.41, 5.74) is 5.35. The van der Waals surface area contributed by atoms with Gasteiger partial charge < -0.3 is 25.2 Å². The minimum absolute atomic E-state index is 0.149. The maximum Gasteiger partial charge on any atom is 0.472 e. The molecule has 0 bridgehead atoms. The van der Waals surface area contributed by atoms with Gasteiger partial charge in [0.25, 0.3) is 0 Å². The molecule has 0 rings (SSSR count). The Hall–Kier alpha value is -2.56. The van der Waals surface area contributed by atoms with Gasteiger partial charge in [-0.25, -0.2) is 4.57 Å². The first-order chi connectivity index (χ1) is 30.1. The van der Waals surface area contributed by atoms with Gasteiger partial charge in [0.05, 0.1) is 13.2 Å². The van der Waals surface area contributed by atoms with Gasteiger partial charge in [0.1, 0.15) is 12.6 Å². The molecule has 0 spiro atoms. The fraction of sp³-hybridized carbons (Fsp3) is 0.780. The van der Waals surface area contributed by atoms with Crippen LogP contribution < -0.4 is 5.73 Å². The van der Waals surface area contributed by atoms with Crippen LogP contribution in [0.5, 0.6) is 0 Å². The van der Waals surface area contributed by atoms with Gasteiger partial charge in [-0.1, -0.05) is 184 Å². The van der Waals surface area contributed by atoms with Crippen molar-refractivity contribution in [2.75, 3.05) is 19.8 Å². The van der Waals surface area contributed by atoms with Crippen LogP contribution in [0.4, 0.5) is 0 Å². The Morgan fingerprint density at radius 3 is 1.37 bits per heavy atom. The molecule has 0 aromatic heterocycles. The molecule has 0 saturated carbocycles. The second-order valence-corrected chi connectivity index (χ2v) is 18.0. The third kappa shape index (κ3) is 44.1. The molecule has 0 aliphatic heterocycles. The van der Waals surface area contributed by atoms with Crippen LogP contribution in [0.15, 0.2) is 48.6 Å². The van der Waals surface area contributed by atoms with Crippen LogP contribution in [-0.2, 0) is 37.5 Å². The fourth-order valence-corrected chi connectivity index (χ4v) is 7.50. The molecule has 4 N–H and O–H groups in total. The van der Waals surface area contributed by atoms with Gasteiger partial charge >= 0.3 is 25.7 Å². The lowest BCUT2D eigenvalue weighted by Crippen LogP contribution is -2.34. The summed E-state index contributed by atoms with van der Waals surface area (Å²) >= 11 is 0. The molecule has 0 amide bonds. The quantitative estimate of drug-likeness (QED) is 0.0230. The summed E-state index contributed by atoms with van der Waals surface area (Å²) in [6.07, 6.45) is 51.7. The van der Waals surface area contributed by atoms with Crippen molar-refractivity contribution in [3.05, 3.63) is 48.6 Å². The van der Waals surface area contributed by atoms with E-state index in [0.29, 0.717) is 12.8 Å². The summed E-state index contributed by atoms with van der Waals surface area (Å²) in [5.74, 6) is -2.39. The van der Waals surface area contributed by atoms with Crippen molar-refractivity contribution in [3.8, 4) is 0 Å². The van der Waals surface area contributed by atoms with Crippen LogP contribution in [0.25, 0.3) is 0 Å². The standard InChI is InChI=1S/C50H90NO10P/c1-3-5-7-9-11-13-15-17-19-21-22-23-24-26-27-29-31-33-35-37-39-41-48(52)58-43-46(44-59-62(56,57)60-45-47(51)50(54)55)61-49(53)42-40-38-36-34-32-30-28-25-20-18-16-14-12-10-8-6-4-2/h6,8,12,14,18,20-22,46-47H,3-5,7,9-11,13,15-17,19,23-45,51H2,1-2H3,(H,54,55)(H,56,57)/b8-6-,14-12-,20-18-,22-21-. The largest absolute Gasteiger partial charge is 0.480 e. The number of phosphoric acid groups is 1. The fourth-order valence-electron chi connectivity index (χ4n) is 6.72. The lowest BCUT2D eigenvalue weighted by atomic mass is 10.1. The highest BCUT2D eigenvalue weighted by Gasteiger charge is 2.28. The second-order valence-electron chi connectivity index (χ2n) is 16.6. The zero-order valence-electron chi connectivity index (χ0n) is 39.2. The lowest BCUT2D eigenvalue weighted by molar-refractivity contribution is -0.161. The number of hydrogen-bond acceptors (Lipinski definition) is 9. The van der Waals surface area contributed by atoms with Crippen molar-refractivity contribution in [1.29, 1.82) is 0 Å². The molecule has 0 aromatic carbocycles. The van der Waals surface area contributed by atoms with E-state index >= 15 is 0 Å². The molecule has 12 heteroatoms. The number of allylic oxidation sites excluding steroid dienone is 8. The molecular weight excluding hydrogens is 806 g/mol. The molecule has 0 heterocycles. The number of ether oxygens (including phenoxy) is 2. The summed E-state index contributed by atoms with van der Waals surface area (Å²) in [7, 11) is -4.72. The predicted molar refractivity (Wildman–Crippen MR) is 254 cm³/mol. The predicted octanol–water partition coefficient (Wildman–Crippen LogP) is 13.7. The summed E-state index contributed by atoms with van der Waals surface area (Å²) < 4.78 is 32.8. The third-order valence-electron chi connectivity index (χ3n) is 10.6. The van der Waals surface area contributed by atoms with Crippen LogP contribution >= 0.6 is 7.82 Å². The Bertz CT molecular complexity index is 1240. The summed E-state index contributed by atoms with van der Waals surface area (Å²) in [6.45, 7) is 2.70. The Labute approximate surface area is 377 Å². The van der Waals surface area contributed by atoms with E-state index in [1.54, 1.807) is 0 Å². The number of hydrogen-bond donors (Lipinski definition) is 3. The number of carbonyl (C=O) groups excluding carboxylic acids is 2. The average Bonchev–Trinajstić information content (AvgIpc) is 3.25. The summed E-state index contributed by atoms with van der Waals surface area (Å²) in [4.78, 5) is 46.1. The number of aliphatic carboxylic acids is 1. The van der Waals surface area contributed by atoms with Crippen LogP contribution in [0.1, 0.15) is 219 Å². The van der Waals surface area contributed by atoms with E-state index in [9.17, 15) is 23.8 Å². The first-order valence-electron chi connectivity index (χ1n) is 24.7. The van der Waals surface area contributed by atoms with Gasteiger partial charge in [-0.05, 0) is 70.6 Å². The Balaban J connectivity index is 4.27. The van der Waals surface area contributed by atoms with Gasteiger partial charge in [0, 0.05) is 12.8 Å². The minimum Gasteiger partial charge on any atom is -0.480 e. The average molecular weight is 896 g/mol. The minimum atomic E-state index is -4.72. The van der Waals surface area contributed by atoms with Crippen LogP contribution in [0, 0.1) is 0 Å². The van der Waals surface area contributed by atoms with E-state index < -0.39 is 51.1 Å². The second kappa shape index (κ2) is 45.0. The zero-order valence-corrected chi connectivity index (χ0v) is 40.1. The number of carbonyl (C=O) groups is 3. The van der Waals surface area contributed by atoms with E-state index in [1.807, 2.05) is 0 Å². The van der Waals surface area contributed by atoms with Crippen molar-refractivity contribution in [2.45, 2.75) is 231 Å². The van der Waals surface area contributed by atoms with Gasteiger partial charge in [0.15, 0.2) is 6.10 Å². The maximum absolute atomic E-state index is 12.7. The lowest BCUT2D eigenvalue weighted by Gasteiger charge is -2.20. The highest BCUT2D eigenvalue weighted by Crippen LogP contribution is 2.43. The Kier molecular flexibility index (Phi) is 43.2. The molecule has 0 fully saturated rings. The zero-order chi connectivity index (χ0) is 45.6. The van der Waals surface area contributed by atoms with Crippen molar-refractivity contribution in [2.24, 2.45) is 5.73 Å². The number of esters is 2. The van der Waals surface area contributed by atoms with Crippen LogP contribution in [-0.4, -0.2) is 59.9 Å². The molecule has 3 atom stereocenters. The number of unbranched alkanes of at least 4 members (excludes halogenated alkanes) is 24. The van der Waals surface area contributed by atoms with Crippen LogP contribution in [0.2, 0.25) is 0 Å². The molecule has 360 valence electrons. The van der Waals surface area contributed by atoms with E-state index in [1.165, 1.54) is 103 Å². The van der Waals surface area contributed by atoms with Crippen molar-refractivity contribution >= 4 is 25.7 Å². The number of phosphoric ester groups is 1. The van der Waals surface area contributed by atoms with Gasteiger partial charge in [-0.3, -0.25) is 23.4 Å². The summed E-state index contributed by atoms with van der Waals surface area (Å²) in [6, 6.07) is -1.52. The molecule has 62 heavy (non-hydrogen) atoms. The molecule has 0 aromatic rings. The molecule has 0 aliphatic rings. The van der Waals surface area contributed by atoms with E-state index in [-0.39, 0.29) is 19.4 Å². The first-order valence-corrected chi connectivity index (χ1v) is 26.2. The van der Waals surface area contributed by atoms with Gasteiger partial charge in [-0.2, -0.15) is 0 Å². The maximum atomic E-state index is 12.7. The van der Waals surface area contributed by atoms with E-state index in [4.69, 9.17) is 24.8 Å². The molecule has 0 aliphatic carbocycles. The van der Waals surface area contributed by atoms with Crippen LogP contribution in [0.3, 0.4) is 0 Å². The number of nitrogens with two attached hydrogens (primary N) is 1. The van der Waals surface area contributed by atoms with Crippen molar-refractivity contribution in [1.82, 2.24) is 0 Å². The molecule has 0 radical (unpaired) electrons. The topological polar surface area (TPSA) is 172 Å². The monoisotopic (exact) mass is 896 g/mol. The van der Waals surface area contributed by atoms with Crippen molar-refractivity contribution in [3.63, 3.8) is 0 Å². The molecule has 11 nitrogen and oxygen atoms in total. The number of carboxylic acids is 1. The number of rotatable bonds is 46. The summed E-state index contributed by atoms with van der Waals surface area (Å²) in [5, 5.41) is 8.91. The molecule has 3 unspecified atom stereocenters. The van der Waals surface area contributed by atoms with E-state index in [0.717, 1.165) is 77.0 Å². The normalized spacial score (nSPS) is 14.0. The Morgan fingerprint density at radius 2 is 0.903 bits per heavy atom. The number of carboxylic acid groups (broad SMARTS) is 1. The highest BCUT2D eigenvalue weighted by molar-refractivity contribution is 7.47. The third-order valence-corrected chi connectivity index (χ3v) is 11.5. The SMILES string of the molecule is CC/C=C\C/C=C\C/C=C\CCCCCCCCCC(=O)OC(COC(=O)CCCCCCCCCCC/C=C\CCCCCCCCCC)COP(=O)(O)OCC(N)C(=O)O. The Morgan fingerprint density at radius 1 is 0.516 bits per heavy atom. The van der Waals surface area contributed by atoms with Gasteiger partial charge in [0.2, 0.25) is 0 Å². The van der Waals surface area contributed by atoms with Gasteiger partial charge in [-0.15, -0.1) is 0 Å².